The Kier molecular flexibility index (Phi) is 3.38. The molecule has 1 fully saturated rings. The van der Waals surface area contributed by atoms with Crippen LogP contribution in [0.4, 0.5) is 5.69 Å². The largest absolute Gasteiger partial charge is 0.481 e. The van der Waals surface area contributed by atoms with Crippen LogP contribution in [0.2, 0.25) is 0 Å². The van der Waals surface area contributed by atoms with Gasteiger partial charge in [-0.1, -0.05) is 6.07 Å². The first-order chi connectivity index (χ1) is 8.11. The van der Waals surface area contributed by atoms with E-state index in [9.17, 15) is 9.59 Å². The molecule has 1 saturated carbocycles. The number of hydrogen-bond acceptors (Lipinski definition) is 3. The van der Waals surface area contributed by atoms with Crippen molar-refractivity contribution in [2.24, 2.45) is 11.8 Å². The summed E-state index contributed by atoms with van der Waals surface area (Å²) in [5.74, 6) is -1.96. The normalized spacial score (nSPS) is 21.9. The van der Waals surface area contributed by atoms with Crippen molar-refractivity contribution in [3.63, 3.8) is 0 Å². The molecule has 90 valence electrons. The minimum absolute atomic E-state index is 0.198. The molecule has 2 rings (SSSR count). The lowest BCUT2D eigenvalue weighted by molar-refractivity contribution is -0.139. The molecular weight excluding hydrogens is 238 g/mol. The van der Waals surface area contributed by atoms with Gasteiger partial charge in [0.15, 0.2) is 0 Å². The minimum atomic E-state index is -0.886. The number of anilines is 1. The predicted octanol–water partition coefficient (Wildman–Crippen LogP) is 2.07. The number of carboxylic acid groups (broad SMARTS) is 1. The summed E-state index contributed by atoms with van der Waals surface area (Å²) in [5.41, 5.74) is 0.720. The van der Waals surface area contributed by atoms with Gasteiger partial charge in [-0.2, -0.15) is 0 Å². The van der Waals surface area contributed by atoms with Gasteiger partial charge in [-0.05, 0) is 30.9 Å². The minimum Gasteiger partial charge on any atom is -0.481 e. The number of carbonyl (C=O) groups excluding carboxylic acids is 1. The molecule has 0 aliphatic heterocycles. The molecule has 0 saturated heterocycles. The van der Waals surface area contributed by atoms with Crippen LogP contribution in [0.15, 0.2) is 29.2 Å². The number of nitrogens with one attached hydrogen (secondary N) is 1. The number of amides is 1. The van der Waals surface area contributed by atoms with Crippen LogP contribution in [0.3, 0.4) is 0 Å². The zero-order valence-corrected chi connectivity index (χ0v) is 10.2. The van der Waals surface area contributed by atoms with Crippen LogP contribution in [0.5, 0.6) is 0 Å². The second-order valence-electron chi connectivity index (χ2n) is 4.01. The van der Waals surface area contributed by atoms with Crippen molar-refractivity contribution in [2.45, 2.75) is 11.3 Å². The molecule has 0 aromatic heterocycles. The van der Waals surface area contributed by atoms with Crippen molar-refractivity contribution in [1.82, 2.24) is 0 Å². The summed E-state index contributed by atoms with van der Waals surface area (Å²) < 4.78 is 0. The van der Waals surface area contributed by atoms with Crippen LogP contribution in [0.1, 0.15) is 6.42 Å². The fourth-order valence-corrected chi connectivity index (χ4v) is 2.15. The van der Waals surface area contributed by atoms with Crippen molar-refractivity contribution in [3.05, 3.63) is 24.3 Å². The van der Waals surface area contributed by atoms with E-state index in [0.29, 0.717) is 6.42 Å². The van der Waals surface area contributed by atoms with Gasteiger partial charge in [-0.3, -0.25) is 9.59 Å². The van der Waals surface area contributed by atoms with Crippen LogP contribution < -0.4 is 5.32 Å². The van der Waals surface area contributed by atoms with E-state index >= 15 is 0 Å². The maximum Gasteiger partial charge on any atom is 0.307 e. The summed E-state index contributed by atoms with van der Waals surface area (Å²) in [5, 5.41) is 11.5. The maximum atomic E-state index is 11.7. The van der Waals surface area contributed by atoms with Gasteiger partial charge in [0.05, 0.1) is 11.8 Å². The van der Waals surface area contributed by atoms with E-state index in [1.54, 1.807) is 17.8 Å². The first-order valence-corrected chi connectivity index (χ1v) is 6.52. The van der Waals surface area contributed by atoms with Gasteiger partial charge in [0.1, 0.15) is 0 Å². The smallest absolute Gasteiger partial charge is 0.307 e. The highest BCUT2D eigenvalue weighted by Crippen LogP contribution is 2.39. The van der Waals surface area contributed by atoms with Crippen molar-refractivity contribution in [2.75, 3.05) is 11.6 Å². The molecule has 1 amide bonds. The Morgan fingerprint density at radius 3 is 2.76 bits per heavy atom. The topological polar surface area (TPSA) is 66.4 Å². The Labute approximate surface area is 103 Å². The Bertz CT molecular complexity index is 461. The van der Waals surface area contributed by atoms with Gasteiger partial charge in [0.25, 0.3) is 0 Å². The van der Waals surface area contributed by atoms with Gasteiger partial charge in [-0.15, -0.1) is 11.8 Å². The molecular formula is C12H13NO3S. The monoisotopic (exact) mass is 251 g/mol. The Morgan fingerprint density at radius 2 is 2.18 bits per heavy atom. The molecule has 0 spiro atoms. The van der Waals surface area contributed by atoms with Gasteiger partial charge < -0.3 is 10.4 Å². The summed E-state index contributed by atoms with van der Waals surface area (Å²) in [4.78, 5) is 23.4. The summed E-state index contributed by atoms with van der Waals surface area (Å²) in [7, 11) is 0. The van der Waals surface area contributed by atoms with Crippen LogP contribution >= 0.6 is 11.8 Å². The van der Waals surface area contributed by atoms with E-state index in [2.05, 4.69) is 5.32 Å². The molecule has 2 N–H and O–H groups in total. The maximum absolute atomic E-state index is 11.7. The molecule has 0 bridgehead atoms. The number of thioether (sulfide) groups is 1. The molecule has 1 aromatic rings. The summed E-state index contributed by atoms with van der Waals surface area (Å²) in [6.45, 7) is 0. The summed E-state index contributed by atoms with van der Waals surface area (Å²) in [6, 6.07) is 7.50. The SMILES string of the molecule is CSc1cccc(NC(=O)C2CC2C(=O)O)c1. The highest BCUT2D eigenvalue weighted by molar-refractivity contribution is 7.98. The van der Waals surface area contributed by atoms with E-state index in [0.717, 1.165) is 10.6 Å². The third-order valence-electron chi connectivity index (χ3n) is 2.78. The fraction of sp³-hybridized carbons (Fsp3) is 0.333. The molecule has 1 aromatic carbocycles. The quantitative estimate of drug-likeness (QED) is 0.804. The summed E-state index contributed by atoms with van der Waals surface area (Å²) in [6.07, 6.45) is 2.41. The lowest BCUT2D eigenvalue weighted by atomic mass is 10.2. The second kappa shape index (κ2) is 4.79. The second-order valence-corrected chi connectivity index (χ2v) is 4.89. The molecule has 2 unspecified atom stereocenters. The van der Waals surface area contributed by atoms with Crippen molar-refractivity contribution in [3.8, 4) is 0 Å². The average Bonchev–Trinajstić information content (AvgIpc) is 3.09. The Balaban J connectivity index is 1.97. The van der Waals surface area contributed by atoms with Gasteiger partial charge in [-0.25, -0.2) is 0 Å². The number of rotatable bonds is 4. The molecule has 2 atom stereocenters. The molecule has 1 aliphatic rings. The van der Waals surface area contributed by atoms with E-state index in [1.165, 1.54) is 0 Å². The predicted molar refractivity (Wildman–Crippen MR) is 66.1 cm³/mol. The highest BCUT2D eigenvalue weighted by atomic mass is 32.2. The van der Waals surface area contributed by atoms with Crippen molar-refractivity contribution < 1.29 is 14.7 Å². The number of hydrogen-bond donors (Lipinski definition) is 2. The molecule has 17 heavy (non-hydrogen) atoms. The number of benzene rings is 1. The highest BCUT2D eigenvalue weighted by Gasteiger charge is 2.48. The van der Waals surface area contributed by atoms with Crippen LogP contribution in [-0.4, -0.2) is 23.2 Å². The Hall–Kier alpha value is -1.49. The molecule has 1 aliphatic carbocycles. The number of carbonyl (C=O) groups is 2. The average molecular weight is 251 g/mol. The number of aliphatic carboxylic acids is 1. The van der Waals surface area contributed by atoms with E-state index in [1.807, 2.05) is 24.5 Å². The molecule has 0 radical (unpaired) electrons. The standard InChI is InChI=1S/C12H13NO3S/c1-17-8-4-2-3-7(5-8)13-11(14)9-6-10(9)12(15)16/h2-5,9-10H,6H2,1H3,(H,13,14)(H,15,16). The van der Waals surface area contributed by atoms with E-state index < -0.39 is 11.9 Å². The number of carboxylic acids is 1. The van der Waals surface area contributed by atoms with Gasteiger partial charge in [0.2, 0.25) is 5.91 Å². The first-order valence-electron chi connectivity index (χ1n) is 5.29. The van der Waals surface area contributed by atoms with Gasteiger partial charge >= 0.3 is 5.97 Å². The van der Waals surface area contributed by atoms with E-state index in [4.69, 9.17) is 5.11 Å². The third-order valence-corrected chi connectivity index (χ3v) is 3.51. The fourth-order valence-electron chi connectivity index (χ4n) is 1.69. The van der Waals surface area contributed by atoms with Crippen LogP contribution in [-0.2, 0) is 9.59 Å². The molecule has 0 heterocycles. The van der Waals surface area contributed by atoms with Gasteiger partial charge in [0, 0.05) is 10.6 Å². The van der Waals surface area contributed by atoms with Crippen LogP contribution in [0, 0.1) is 11.8 Å². The third kappa shape index (κ3) is 2.79. The lowest BCUT2D eigenvalue weighted by Crippen LogP contribution is -2.16. The van der Waals surface area contributed by atoms with Crippen LogP contribution in [0.25, 0.3) is 0 Å². The van der Waals surface area contributed by atoms with Crippen molar-refractivity contribution in [1.29, 1.82) is 0 Å². The summed E-state index contributed by atoms with van der Waals surface area (Å²) >= 11 is 1.59. The molecule has 5 heteroatoms. The zero-order valence-electron chi connectivity index (χ0n) is 9.34. The Morgan fingerprint density at radius 1 is 1.41 bits per heavy atom. The molecule has 4 nitrogen and oxygen atoms in total. The first kappa shape index (κ1) is 12.0. The van der Waals surface area contributed by atoms with E-state index in [-0.39, 0.29) is 11.8 Å². The zero-order chi connectivity index (χ0) is 12.4. The van der Waals surface area contributed by atoms with Crippen molar-refractivity contribution >= 4 is 29.3 Å². The lowest BCUT2D eigenvalue weighted by Gasteiger charge is -2.05.